The molecule has 0 bridgehead atoms. The zero-order valence-corrected chi connectivity index (χ0v) is 20.0. The lowest BCUT2D eigenvalue weighted by Crippen LogP contribution is -2.29. The van der Waals surface area contributed by atoms with Crippen LogP contribution in [-0.2, 0) is 4.74 Å². The Morgan fingerprint density at radius 1 is 1.18 bits per heavy atom. The first-order valence-corrected chi connectivity index (χ1v) is 11.8. The standard InChI is InChI=1S/C24H17BrN2O5S/c1-3-31-23(30)21-12(2)26-24(33-21)27-18(13-8-10-14(25)11-9-13)17-19(28)15-6-4-5-7-16(15)32-20(17)22(27)29/h4-11,18H,3H2,1-2H3. The number of halogens is 1. The molecule has 1 amide bonds. The lowest BCUT2D eigenvalue weighted by atomic mass is 9.99. The molecule has 33 heavy (non-hydrogen) atoms. The van der Waals surface area contributed by atoms with Crippen molar-refractivity contribution in [1.29, 1.82) is 0 Å². The number of para-hydroxylation sites is 1. The van der Waals surface area contributed by atoms with Crippen LogP contribution < -0.4 is 10.3 Å². The Balaban J connectivity index is 1.74. The fraction of sp³-hybridized carbons (Fsp3) is 0.167. The van der Waals surface area contributed by atoms with Crippen molar-refractivity contribution < 1.29 is 18.7 Å². The number of carbonyl (C=O) groups is 2. The largest absolute Gasteiger partial charge is 0.462 e. The van der Waals surface area contributed by atoms with E-state index in [1.54, 1.807) is 38.1 Å². The van der Waals surface area contributed by atoms with E-state index in [2.05, 4.69) is 20.9 Å². The van der Waals surface area contributed by atoms with Gasteiger partial charge in [0.2, 0.25) is 5.76 Å². The van der Waals surface area contributed by atoms with Crippen LogP contribution in [0.25, 0.3) is 11.0 Å². The molecule has 0 saturated carbocycles. The Labute approximate surface area is 200 Å². The Hall–Kier alpha value is -3.30. The van der Waals surface area contributed by atoms with E-state index in [4.69, 9.17) is 9.15 Å². The molecule has 0 spiro atoms. The van der Waals surface area contributed by atoms with Crippen LogP contribution in [0.5, 0.6) is 0 Å². The normalized spacial score (nSPS) is 15.2. The van der Waals surface area contributed by atoms with Crippen molar-refractivity contribution in [3.8, 4) is 0 Å². The van der Waals surface area contributed by atoms with E-state index in [9.17, 15) is 14.4 Å². The van der Waals surface area contributed by atoms with E-state index in [0.717, 1.165) is 21.4 Å². The summed E-state index contributed by atoms with van der Waals surface area (Å²) in [5.41, 5.74) is 1.50. The molecule has 0 aliphatic carbocycles. The van der Waals surface area contributed by atoms with E-state index in [-0.39, 0.29) is 23.4 Å². The number of ether oxygens (including phenoxy) is 1. The third kappa shape index (κ3) is 3.48. The SMILES string of the molecule is CCOC(=O)c1sc(N2C(=O)c3oc4ccccc4c(=O)c3C2c2ccc(Br)cc2)nc1C. The Kier molecular flexibility index (Phi) is 5.38. The minimum absolute atomic E-state index is 0.0165. The van der Waals surface area contributed by atoms with Crippen molar-refractivity contribution in [3.63, 3.8) is 0 Å². The van der Waals surface area contributed by atoms with Crippen molar-refractivity contribution >= 4 is 55.2 Å². The molecule has 1 aliphatic heterocycles. The van der Waals surface area contributed by atoms with Crippen LogP contribution in [0.1, 0.15) is 50.0 Å². The fourth-order valence-electron chi connectivity index (χ4n) is 3.95. The second kappa shape index (κ2) is 8.24. The molecule has 3 heterocycles. The van der Waals surface area contributed by atoms with Crippen LogP contribution in [0.2, 0.25) is 0 Å². The van der Waals surface area contributed by atoms with Gasteiger partial charge in [0.25, 0.3) is 5.91 Å². The molecule has 2 aromatic carbocycles. The number of aryl methyl sites for hydroxylation is 1. The number of esters is 1. The number of amides is 1. The number of anilines is 1. The third-order valence-electron chi connectivity index (χ3n) is 5.42. The van der Waals surface area contributed by atoms with Gasteiger partial charge in [-0.15, -0.1) is 0 Å². The first-order valence-electron chi connectivity index (χ1n) is 10.2. The summed E-state index contributed by atoms with van der Waals surface area (Å²) < 4.78 is 11.9. The van der Waals surface area contributed by atoms with Crippen LogP contribution >= 0.6 is 27.3 Å². The number of aromatic nitrogens is 1. The van der Waals surface area contributed by atoms with Crippen LogP contribution in [0.15, 0.2) is 62.2 Å². The Morgan fingerprint density at radius 3 is 2.64 bits per heavy atom. The van der Waals surface area contributed by atoms with Crippen molar-refractivity contribution in [3.05, 3.63) is 90.7 Å². The maximum absolute atomic E-state index is 13.6. The molecule has 0 saturated heterocycles. The first-order chi connectivity index (χ1) is 15.9. The summed E-state index contributed by atoms with van der Waals surface area (Å²) in [7, 11) is 0. The highest BCUT2D eigenvalue weighted by molar-refractivity contribution is 9.10. The molecular weight excluding hydrogens is 508 g/mol. The highest BCUT2D eigenvalue weighted by Crippen LogP contribution is 2.43. The zero-order chi connectivity index (χ0) is 23.3. The molecule has 5 rings (SSSR count). The molecule has 1 unspecified atom stereocenters. The summed E-state index contributed by atoms with van der Waals surface area (Å²) in [6.45, 7) is 3.64. The molecule has 7 nitrogen and oxygen atoms in total. The Bertz CT molecular complexity index is 1470. The third-order valence-corrected chi connectivity index (χ3v) is 7.08. The minimum atomic E-state index is -0.748. The first kappa shape index (κ1) is 21.5. The number of carbonyl (C=O) groups excluding carboxylic acids is 2. The topological polar surface area (TPSA) is 89.7 Å². The summed E-state index contributed by atoms with van der Waals surface area (Å²) in [4.78, 5) is 45.7. The van der Waals surface area contributed by atoms with E-state index in [1.165, 1.54) is 4.90 Å². The van der Waals surface area contributed by atoms with Crippen LogP contribution in [0.4, 0.5) is 5.13 Å². The number of hydrogen-bond donors (Lipinski definition) is 0. The molecule has 166 valence electrons. The van der Waals surface area contributed by atoms with Gasteiger partial charge in [0, 0.05) is 4.47 Å². The molecule has 0 radical (unpaired) electrons. The molecule has 9 heteroatoms. The van der Waals surface area contributed by atoms with E-state index in [0.29, 0.717) is 26.7 Å². The predicted octanol–water partition coefficient (Wildman–Crippen LogP) is 5.25. The average Bonchev–Trinajstić information content (AvgIpc) is 3.32. The molecule has 2 aromatic heterocycles. The summed E-state index contributed by atoms with van der Waals surface area (Å²) in [5.74, 6) is -0.995. The van der Waals surface area contributed by atoms with Gasteiger partial charge in [-0.3, -0.25) is 14.5 Å². The van der Waals surface area contributed by atoms with Gasteiger partial charge in [0.1, 0.15) is 10.5 Å². The molecular formula is C24H17BrN2O5S. The second-order valence-corrected chi connectivity index (χ2v) is 9.32. The number of fused-ring (bicyclic) bond motifs is 2. The molecule has 1 aliphatic rings. The maximum Gasteiger partial charge on any atom is 0.350 e. The van der Waals surface area contributed by atoms with E-state index < -0.39 is 17.9 Å². The summed E-state index contributed by atoms with van der Waals surface area (Å²) in [5, 5.41) is 0.693. The van der Waals surface area contributed by atoms with Crippen molar-refractivity contribution in [1.82, 2.24) is 4.98 Å². The minimum Gasteiger partial charge on any atom is -0.462 e. The van der Waals surface area contributed by atoms with Crippen molar-refractivity contribution in [2.45, 2.75) is 19.9 Å². The Morgan fingerprint density at radius 2 is 1.91 bits per heavy atom. The van der Waals surface area contributed by atoms with Gasteiger partial charge in [-0.05, 0) is 43.7 Å². The van der Waals surface area contributed by atoms with Gasteiger partial charge in [-0.25, -0.2) is 9.78 Å². The van der Waals surface area contributed by atoms with Crippen molar-refractivity contribution in [2.75, 3.05) is 11.5 Å². The lowest BCUT2D eigenvalue weighted by Gasteiger charge is -2.22. The number of nitrogens with zero attached hydrogens (tertiary/aromatic N) is 2. The fourth-order valence-corrected chi connectivity index (χ4v) is 5.20. The monoisotopic (exact) mass is 524 g/mol. The summed E-state index contributed by atoms with van der Waals surface area (Å²) in [6, 6.07) is 13.5. The molecule has 1 atom stereocenters. The van der Waals surface area contributed by atoms with E-state index in [1.807, 2.05) is 24.3 Å². The number of thiazole rings is 1. The van der Waals surface area contributed by atoms with E-state index >= 15 is 0 Å². The van der Waals surface area contributed by atoms with Crippen LogP contribution in [0.3, 0.4) is 0 Å². The number of benzene rings is 2. The van der Waals surface area contributed by atoms with Gasteiger partial charge >= 0.3 is 5.97 Å². The highest BCUT2D eigenvalue weighted by Gasteiger charge is 2.45. The zero-order valence-electron chi connectivity index (χ0n) is 17.6. The maximum atomic E-state index is 13.6. The lowest BCUT2D eigenvalue weighted by molar-refractivity contribution is 0.0531. The number of rotatable bonds is 4. The number of hydrogen-bond acceptors (Lipinski definition) is 7. The second-order valence-electron chi connectivity index (χ2n) is 7.43. The van der Waals surface area contributed by atoms with Crippen LogP contribution in [-0.4, -0.2) is 23.5 Å². The van der Waals surface area contributed by atoms with Gasteiger partial charge in [-0.1, -0.05) is 51.5 Å². The van der Waals surface area contributed by atoms with Gasteiger partial charge in [-0.2, -0.15) is 0 Å². The predicted molar refractivity (Wildman–Crippen MR) is 128 cm³/mol. The smallest absolute Gasteiger partial charge is 0.350 e. The highest BCUT2D eigenvalue weighted by atomic mass is 79.9. The molecule has 0 fully saturated rings. The quantitative estimate of drug-likeness (QED) is 0.339. The van der Waals surface area contributed by atoms with Crippen LogP contribution in [0, 0.1) is 6.92 Å². The summed E-state index contributed by atoms with van der Waals surface area (Å²) >= 11 is 4.48. The van der Waals surface area contributed by atoms with Gasteiger partial charge < -0.3 is 9.15 Å². The van der Waals surface area contributed by atoms with Gasteiger partial charge in [0.05, 0.1) is 29.3 Å². The molecule has 4 aromatic rings. The van der Waals surface area contributed by atoms with Crippen molar-refractivity contribution in [2.24, 2.45) is 0 Å². The summed E-state index contributed by atoms with van der Waals surface area (Å²) in [6.07, 6.45) is 0. The average molecular weight is 525 g/mol. The molecule has 0 N–H and O–H groups in total. The van der Waals surface area contributed by atoms with Gasteiger partial charge in [0.15, 0.2) is 10.6 Å².